The fraction of sp³-hybridized carbons (Fsp3) is 0.480. The monoisotopic (exact) mass is 563 g/mol. The van der Waals surface area contributed by atoms with Crippen LogP contribution in [-0.2, 0) is 22.0 Å². The van der Waals surface area contributed by atoms with Gasteiger partial charge in [-0.1, -0.05) is 24.6 Å². The van der Waals surface area contributed by atoms with E-state index in [9.17, 15) is 13.5 Å². The van der Waals surface area contributed by atoms with Crippen LogP contribution < -0.4 is 19.6 Å². The van der Waals surface area contributed by atoms with Crippen LogP contribution in [0, 0.1) is 12.8 Å². The van der Waals surface area contributed by atoms with Gasteiger partial charge in [-0.25, -0.2) is 4.83 Å². The van der Waals surface area contributed by atoms with Crippen molar-refractivity contribution in [3.63, 3.8) is 0 Å². The molecule has 1 fully saturated rings. The average Bonchev–Trinajstić information content (AvgIpc) is 3.08. The molecule has 5 rings (SSSR count). The topological polar surface area (TPSA) is 109 Å². The highest BCUT2D eigenvalue weighted by molar-refractivity contribution is 9.10. The van der Waals surface area contributed by atoms with Gasteiger partial charge < -0.3 is 19.9 Å². The van der Waals surface area contributed by atoms with Crippen LogP contribution >= 0.6 is 15.9 Å². The summed E-state index contributed by atoms with van der Waals surface area (Å²) in [5, 5.41) is 17.9. The lowest BCUT2D eigenvalue weighted by Gasteiger charge is -2.45. The quantitative estimate of drug-likeness (QED) is 0.481. The molecule has 0 aromatic heterocycles. The SMILES string of the molecule is COc1cc2c3c(c1Br)O[C@@H]1C/C(=N/NS(=O)(=O)c4ccc(C)cc4)C[C@@H](C)[C@]31C[C@@H](CO)NC2. The predicted molar refractivity (Wildman–Crippen MR) is 136 cm³/mol. The van der Waals surface area contributed by atoms with Crippen molar-refractivity contribution in [2.75, 3.05) is 13.7 Å². The van der Waals surface area contributed by atoms with E-state index in [2.05, 4.69) is 38.1 Å². The van der Waals surface area contributed by atoms with Crippen molar-refractivity contribution in [3.8, 4) is 11.5 Å². The van der Waals surface area contributed by atoms with E-state index in [1.54, 1.807) is 31.4 Å². The Morgan fingerprint density at radius 1 is 1.31 bits per heavy atom. The Balaban J connectivity index is 1.50. The summed E-state index contributed by atoms with van der Waals surface area (Å²) in [6.07, 6.45) is 1.59. The van der Waals surface area contributed by atoms with Crippen LogP contribution in [0.3, 0.4) is 0 Å². The molecule has 0 radical (unpaired) electrons. The Morgan fingerprint density at radius 2 is 2.06 bits per heavy atom. The maximum Gasteiger partial charge on any atom is 0.276 e. The van der Waals surface area contributed by atoms with E-state index in [4.69, 9.17) is 9.47 Å². The Labute approximate surface area is 214 Å². The van der Waals surface area contributed by atoms with Crippen molar-refractivity contribution >= 4 is 31.7 Å². The lowest BCUT2D eigenvalue weighted by atomic mass is 9.59. The minimum absolute atomic E-state index is 0.0279. The molecule has 8 nitrogen and oxygen atoms in total. The summed E-state index contributed by atoms with van der Waals surface area (Å²) < 4.78 is 38.5. The van der Waals surface area contributed by atoms with E-state index in [-0.39, 0.29) is 35.0 Å². The molecule has 35 heavy (non-hydrogen) atoms. The molecule has 1 saturated carbocycles. The number of nitrogens with one attached hydrogen (secondary N) is 2. The normalized spacial score (nSPS) is 28.6. The molecule has 4 atom stereocenters. The molecule has 2 heterocycles. The van der Waals surface area contributed by atoms with Crippen LogP contribution in [0.15, 0.2) is 44.8 Å². The highest BCUT2D eigenvalue weighted by atomic mass is 79.9. The molecule has 0 unspecified atom stereocenters. The van der Waals surface area contributed by atoms with Crippen LogP contribution in [-0.4, -0.2) is 45.1 Å². The summed E-state index contributed by atoms with van der Waals surface area (Å²) in [5.41, 5.74) is 3.67. The third-order valence-electron chi connectivity index (χ3n) is 7.67. The molecule has 0 bridgehead atoms. The van der Waals surface area contributed by atoms with Gasteiger partial charge in [-0.05, 0) is 65.4 Å². The van der Waals surface area contributed by atoms with Crippen molar-refractivity contribution in [1.29, 1.82) is 0 Å². The number of nitrogens with zero attached hydrogens (tertiary/aromatic N) is 1. The van der Waals surface area contributed by atoms with Crippen molar-refractivity contribution in [3.05, 3.63) is 51.5 Å². The molecule has 188 valence electrons. The molecular formula is C25H30BrN3O5S. The number of sulfonamides is 1. The zero-order valence-electron chi connectivity index (χ0n) is 20.0. The average molecular weight is 565 g/mol. The molecular weight excluding hydrogens is 534 g/mol. The van der Waals surface area contributed by atoms with Crippen LogP contribution in [0.4, 0.5) is 0 Å². The van der Waals surface area contributed by atoms with Gasteiger partial charge in [0.2, 0.25) is 0 Å². The molecule has 2 aliphatic heterocycles. The highest BCUT2D eigenvalue weighted by Gasteiger charge is 2.58. The molecule has 3 aliphatic rings. The maximum atomic E-state index is 12.8. The molecule has 0 saturated heterocycles. The molecule has 2 aromatic rings. The summed E-state index contributed by atoms with van der Waals surface area (Å²) in [5.74, 6) is 1.58. The maximum absolute atomic E-state index is 12.8. The molecule has 10 heteroatoms. The number of ether oxygens (including phenoxy) is 2. The van der Waals surface area contributed by atoms with Crippen molar-refractivity contribution in [2.24, 2.45) is 11.0 Å². The molecule has 2 aromatic carbocycles. The predicted octanol–water partition coefficient (Wildman–Crippen LogP) is 3.38. The van der Waals surface area contributed by atoms with E-state index in [0.717, 1.165) is 39.0 Å². The lowest BCUT2D eigenvalue weighted by Crippen LogP contribution is -2.52. The molecule has 1 aliphatic carbocycles. The second kappa shape index (κ2) is 9.06. The van der Waals surface area contributed by atoms with Gasteiger partial charge in [0.05, 0.1) is 18.6 Å². The van der Waals surface area contributed by atoms with Gasteiger partial charge in [0.25, 0.3) is 10.0 Å². The van der Waals surface area contributed by atoms with Gasteiger partial charge >= 0.3 is 0 Å². The number of rotatable bonds is 5. The van der Waals surface area contributed by atoms with Crippen LogP contribution in [0.2, 0.25) is 0 Å². The standard InChI is InChI=1S/C25H30BrN3O5S/c1-14-4-6-19(7-5-14)35(31,32)29-28-17-8-15(2)25-11-18(13-30)27-12-16-9-20(33-3)23(26)24(22(16)25)34-21(25)10-17/h4-7,9,15,18,21,27,29-30H,8,10-13H2,1-3H3/b28-17+/t15-,18+,21-,25+/m1/s1. The summed E-state index contributed by atoms with van der Waals surface area (Å²) in [6.45, 7) is 4.71. The van der Waals surface area contributed by atoms with E-state index < -0.39 is 10.0 Å². The zero-order valence-corrected chi connectivity index (χ0v) is 22.4. The first kappa shape index (κ1) is 24.5. The van der Waals surface area contributed by atoms with Gasteiger partial charge in [-0.15, -0.1) is 0 Å². The fourth-order valence-electron chi connectivity index (χ4n) is 5.88. The van der Waals surface area contributed by atoms with Crippen LogP contribution in [0.25, 0.3) is 0 Å². The number of aryl methyl sites for hydroxylation is 1. The number of halogens is 1. The Bertz CT molecular complexity index is 1280. The van der Waals surface area contributed by atoms with E-state index in [0.29, 0.717) is 25.1 Å². The summed E-state index contributed by atoms with van der Waals surface area (Å²) in [6, 6.07) is 8.64. The fourth-order valence-corrected chi connectivity index (χ4v) is 7.30. The smallest absolute Gasteiger partial charge is 0.276 e. The first-order chi connectivity index (χ1) is 16.7. The number of hydrazone groups is 1. The minimum atomic E-state index is -3.77. The van der Waals surface area contributed by atoms with Crippen molar-refractivity contribution in [1.82, 2.24) is 10.1 Å². The number of aliphatic hydroxyl groups excluding tert-OH is 1. The third kappa shape index (κ3) is 4.04. The van der Waals surface area contributed by atoms with Gasteiger partial charge in [0.15, 0.2) is 0 Å². The molecule has 3 N–H and O–H groups in total. The van der Waals surface area contributed by atoms with E-state index in [1.165, 1.54) is 0 Å². The van der Waals surface area contributed by atoms with Crippen molar-refractivity contribution < 1.29 is 23.0 Å². The lowest BCUT2D eigenvalue weighted by molar-refractivity contribution is 0.0746. The number of aliphatic hydroxyl groups is 1. The molecule has 1 spiro atoms. The van der Waals surface area contributed by atoms with E-state index >= 15 is 0 Å². The summed E-state index contributed by atoms with van der Waals surface area (Å²) in [4.78, 5) is 2.61. The van der Waals surface area contributed by atoms with E-state index in [1.807, 2.05) is 13.0 Å². The number of hydrogen-bond acceptors (Lipinski definition) is 7. The number of hydrogen-bond donors (Lipinski definition) is 3. The number of methoxy groups -OCH3 is 1. The van der Waals surface area contributed by atoms with Crippen LogP contribution in [0.1, 0.15) is 42.9 Å². The summed E-state index contributed by atoms with van der Waals surface area (Å²) >= 11 is 3.68. The first-order valence-electron chi connectivity index (χ1n) is 11.7. The molecule has 0 amide bonds. The van der Waals surface area contributed by atoms with Gasteiger partial charge in [0, 0.05) is 35.7 Å². The minimum Gasteiger partial charge on any atom is -0.495 e. The zero-order chi connectivity index (χ0) is 25.0. The summed E-state index contributed by atoms with van der Waals surface area (Å²) in [7, 11) is -2.14. The largest absolute Gasteiger partial charge is 0.495 e. The first-order valence-corrected chi connectivity index (χ1v) is 14.0. The third-order valence-corrected chi connectivity index (χ3v) is 9.65. The highest BCUT2D eigenvalue weighted by Crippen LogP contribution is 2.60. The Kier molecular flexibility index (Phi) is 6.36. The Morgan fingerprint density at radius 3 is 2.74 bits per heavy atom. The second-order valence-corrected chi connectivity index (χ2v) is 12.2. The van der Waals surface area contributed by atoms with Gasteiger partial charge in [0.1, 0.15) is 22.1 Å². The van der Waals surface area contributed by atoms with Crippen molar-refractivity contribution in [2.45, 2.75) is 62.1 Å². The Hall–Kier alpha value is -2.14. The van der Waals surface area contributed by atoms with Gasteiger partial charge in [-0.2, -0.15) is 13.5 Å². The van der Waals surface area contributed by atoms with Crippen LogP contribution in [0.5, 0.6) is 11.5 Å². The second-order valence-electron chi connectivity index (χ2n) is 9.76. The van der Waals surface area contributed by atoms with Gasteiger partial charge in [-0.3, -0.25) is 0 Å². The number of benzene rings is 2.